The number of anilines is 1. The zero-order valence-electron chi connectivity index (χ0n) is 18.7. The van der Waals surface area contributed by atoms with E-state index in [1.165, 1.54) is 89.4 Å². The maximum Gasteiger partial charge on any atom is 0.292 e. The van der Waals surface area contributed by atoms with Crippen molar-refractivity contribution in [1.82, 2.24) is 4.40 Å². The van der Waals surface area contributed by atoms with Gasteiger partial charge >= 0.3 is 0 Å². The number of halogens is 1. The molecule has 0 unspecified atom stereocenters. The normalized spacial score (nSPS) is 14.5. The molecule has 1 aliphatic heterocycles. The molecule has 3 nitrogen and oxygen atoms in total. The number of rotatable bonds is 4. The van der Waals surface area contributed by atoms with Gasteiger partial charge in [0, 0.05) is 35.6 Å². The van der Waals surface area contributed by atoms with E-state index in [0.29, 0.717) is 0 Å². The number of fused-ring (bicyclic) bond motifs is 7. The van der Waals surface area contributed by atoms with Crippen molar-refractivity contribution >= 4 is 38.7 Å². The standard InChI is InChI=1S/C28H30N3.ClH/c1-2-3-7-21-8-13-26-22(18-21)10-15-28-30(26)20-25-11-9-23-19-24(12-14-27(23)31(25)28)29-16-5-4-6-17-29;/h8-15,18-20H,2-7,16-17H2,1H3;1H/q+1;/p-1. The molecule has 164 valence electrons. The van der Waals surface area contributed by atoms with E-state index >= 15 is 0 Å². The molecular weight excluding hydrogens is 414 g/mol. The molecular formula is C28H30ClN3. The number of pyridine rings is 2. The molecule has 1 aliphatic rings. The van der Waals surface area contributed by atoms with Crippen LogP contribution >= 0.6 is 0 Å². The number of aryl methyl sites for hydroxylation is 1. The molecule has 0 aliphatic carbocycles. The molecule has 0 spiro atoms. The number of imidazole rings is 1. The fraction of sp³-hybridized carbons (Fsp3) is 0.321. The largest absolute Gasteiger partial charge is 1.00 e. The Morgan fingerprint density at radius 3 is 2.53 bits per heavy atom. The van der Waals surface area contributed by atoms with Crippen LogP contribution in [-0.4, -0.2) is 17.5 Å². The number of benzene rings is 2. The fourth-order valence-corrected chi connectivity index (χ4v) is 5.28. The molecule has 1 saturated heterocycles. The predicted molar refractivity (Wildman–Crippen MR) is 130 cm³/mol. The van der Waals surface area contributed by atoms with Gasteiger partial charge in [-0.15, -0.1) is 0 Å². The third kappa shape index (κ3) is 3.49. The van der Waals surface area contributed by atoms with E-state index in [1.807, 2.05) is 0 Å². The van der Waals surface area contributed by atoms with E-state index in [0.717, 1.165) is 6.42 Å². The summed E-state index contributed by atoms with van der Waals surface area (Å²) < 4.78 is 4.76. The quantitative estimate of drug-likeness (QED) is 0.388. The molecule has 6 rings (SSSR count). The third-order valence-electron chi connectivity index (χ3n) is 6.98. The number of nitrogens with zero attached hydrogens (tertiary/aromatic N) is 3. The lowest BCUT2D eigenvalue weighted by atomic mass is 10.1. The first-order valence-electron chi connectivity index (χ1n) is 11.9. The second-order valence-electron chi connectivity index (χ2n) is 9.07. The van der Waals surface area contributed by atoms with Crippen molar-refractivity contribution in [1.29, 1.82) is 0 Å². The van der Waals surface area contributed by atoms with Crippen molar-refractivity contribution in [3.8, 4) is 0 Å². The molecule has 32 heavy (non-hydrogen) atoms. The summed E-state index contributed by atoms with van der Waals surface area (Å²) in [6, 6.07) is 23.1. The summed E-state index contributed by atoms with van der Waals surface area (Å²) in [5.74, 6) is 0. The molecule has 2 aromatic carbocycles. The molecule has 0 bridgehead atoms. The van der Waals surface area contributed by atoms with E-state index in [9.17, 15) is 0 Å². The average molecular weight is 444 g/mol. The molecule has 3 aromatic heterocycles. The van der Waals surface area contributed by atoms with Crippen molar-refractivity contribution in [2.24, 2.45) is 0 Å². The van der Waals surface area contributed by atoms with E-state index in [1.54, 1.807) is 0 Å². The van der Waals surface area contributed by atoms with E-state index in [4.69, 9.17) is 0 Å². The highest BCUT2D eigenvalue weighted by molar-refractivity contribution is 5.88. The molecule has 0 atom stereocenters. The van der Waals surface area contributed by atoms with Gasteiger partial charge in [0.1, 0.15) is 17.2 Å². The van der Waals surface area contributed by atoms with Crippen LogP contribution in [0.1, 0.15) is 44.6 Å². The second-order valence-corrected chi connectivity index (χ2v) is 9.07. The first-order chi connectivity index (χ1) is 15.3. The Morgan fingerprint density at radius 1 is 0.844 bits per heavy atom. The smallest absolute Gasteiger partial charge is 0.292 e. The zero-order chi connectivity index (χ0) is 20.8. The topological polar surface area (TPSA) is 11.8 Å². The predicted octanol–water partition coefficient (Wildman–Crippen LogP) is 3.32. The molecule has 4 heteroatoms. The van der Waals surface area contributed by atoms with Crippen LogP contribution in [0.15, 0.2) is 66.9 Å². The molecule has 0 saturated carbocycles. The Labute approximate surface area is 195 Å². The van der Waals surface area contributed by atoms with Crippen LogP contribution in [0.25, 0.3) is 33.0 Å². The Bertz CT molecular complexity index is 1410. The summed E-state index contributed by atoms with van der Waals surface area (Å²) >= 11 is 0. The molecule has 4 heterocycles. The maximum atomic E-state index is 2.54. The highest BCUT2D eigenvalue weighted by Gasteiger charge is 2.18. The average Bonchev–Trinajstić information content (AvgIpc) is 3.22. The summed E-state index contributed by atoms with van der Waals surface area (Å²) in [5, 5.41) is 2.63. The molecule has 1 fully saturated rings. The van der Waals surface area contributed by atoms with Crippen LogP contribution in [0.5, 0.6) is 0 Å². The van der Waals surface area contributed by atoms with Crippen LogP contribution in [0.3, 0.4) is 0 Å². The number of unbranched alkanes of at least 4 members (excludes halogenated alkanes) is 1. The van der Waals surface area contributed by atoms with Crippen molar-refractivity contribution in [3.63, 3.8) is 0 Å². The van der Waals surface area contributed by atoms with Crippen molar-refractivity contribution in [3.05, 3.63) is 72.4 Å². The van der Waals surface area contributed by atoms with Gasteiger partial charge < -0.3 is 17.3 Å². The number of hydrogen-bond acceptors (Lipinski definition) is 1. The Kier molecular flexibility index (Phi) is 5.69. The summed E-state index contributed by atoms with van der Waals surface area (Å²) in [4.78, 5) is 2.54. The van der Waals surface area contributed by atoms with Gasteiger partial charge in [0.15, 0.2) is 5.52 Å². The Balaban J connectivity index is 0.00000216. The summed E-state index contributed by atoms with van der Waals surface area (Å²) in [6.45, 7) is 4.62. The first kappa shape index (κ1) is 21.1. The van der Waals surface area contributed by atoms with Gasteiger partial charge in [-0.1, -0.05) is 19.4 Å². The minimum Gasteiger partial charge on any atom is -1.00 e. The lowest BCUT2D eigenvalue weighted by molar-refractivity contribution is -0.479. The number of piperidine rings is 1. The molecule has 5 aromatic rings. The van der Waals surface area contributed by atoms with Gasteiger partial charge in [-0.25, -0.2) is 0 Å². The Hall–Kier alpha value is -2.78. The summed E-state index contributed by atoms with van der Waals surface area (Å²) in [5.41, 5.74) is 7.81. The first-order valence-corrected chi connectivity index (χ1v) is 11.9. The lowest BCUT2D eigenvalue weighted by Crippen LogP contribution is -3.00. The maximum absolute atomic E-state index is 2.54. The second kappa shape index (κ2) is 8.63. The monoisotopic (exact) mass is 443 g/mol. The lowest BCUT2D eigenvalue weighted by Gasteiger charge is -2.28. The summed E-state index contributed by atoms with van der Waals surface area (Å²) in [6.07, 6.45) is 9.92. The SMILES string of the molecule is CCCCc1ccc2c(ccc3n4c(ccc5cc(N6CCCCC6)ccc54)c[n+]23)c1.[Cl-]. The highest BCUT2D eigenvalue weighted by atomic mass is 35.5. The van der Waals surface area contributed by atoms with Crippen LogP contribution in [-0.2, 0) is 6.42 Å². The number of hydrogen-bond donors (Lipinski definition) is 0. The van der Waals surface area contributed by atoms with Crippen LogP contribution in [0.2, 0.25) is 0 Å². The summed E-state index contributed by atoms with van der Waals surface area (Å²) in [7, 11) is 0. The van der Waals surface area contributed by atoms with Crippen LogP contribution in [0.4, 0.5) is 5.69 Å². The van der Waals surface area contributed by atoms with Crippen molar-refractivity contribution < 1.29 is 16.8 Å². The van der Waals surface area contributed by atoms with E-state index < -0.39 is 0 Å². The zero-order valence-corrected chi connectivity index (χ0v) is 19.5. The third-order valence-corrected chi connectivity index (χ3v) is 6.98. The van der Waals surface area contributed by atoms with Crippen molar-refractivity contribution in [2.45, 2.75) is 45.4 Å². The fourth-order valence-electron chi connectivity index (χ4n) is 5.28. The van der Waals surface area contributed by atoms with Gasteiger partial charge in [0.2, 0.25) is 0 Å². The van der Waals surface area contributed by atoms with Gasteiger partial charge in [0.25, 0.3) is 5.65 Å². The van der Waals surface area contributed by atoms with E-state index in [2.05, 4.69) is 87.5 Å². The Morgan fingerprint density at radius 2 is 1.69 bits per heavy atom. The highest BCUT2D eigenvalue weighted by Crippen LogP contribution is 2.27. The number of aromatic nitrogens is 2. The van der Waals surface area contributed by atoms with Crippen molar-refractivity contribution in [2.75, 3.05) is 18.0 Å². The van der Waals surface area contributed by atoms with Gasteiger partial charge in [-0.05, 0) is 86.2 Å². The molecule has 0 N–H and O–H groups in total. The minimum absolute atomic E-state index is 0. The molecule has 0 amide bonds. The van der Waals surface area contributed by atoms with Crippen LogP contribution < -0.4 is 21.7 Å². The van der Waals surface area contributed by atoms with Gasteiger partial charge in [-0.2, -0.15) is 8.80 Å². The van der Waals surface area contributed by atoms with Gasteiger partial charge in [0.05, 0.1) is 0 Å². The van der Waals surface area contributed by atoms with Crippen LogP contribution in [0, 0.1) is 0 Å². The van der Waals surface area contributed by atoms with Gasteiger partial charge in [-0.3, -0.25) is 0 Å². The minimum atomic E-state index is 0. The molecule has 0 radical (unpaired) electrons. The van der Waals surface area contributed by atoms with E-state index in [-0.39, 0.29) is 12.4 Å².